The average molecular weight is 340 g/mol. The van der Waals surface area contributed by atoms with Crippen molar-refractivity contribution in [1.82, 2.24) is 10.2 Å². The number of carbonyl (C=O) groups excluding carboxylic acids is 1. The molecule has 0 bridgehead atoms. The van der Waals surface area contributed by atoms with Crippen molar-refractivity contribution in [2.24, 2.45) is 5.92 Å². The van der Waals surface area contributed by atoms with Crippen molar-refractivity contribution in [2.75, 3.05) is 13.1 Å². The summed E-state index contributed by atoms with van der Waals surface area (Å²) in [5, 5.41) is 11.8. The van der Waals surface area contributed by atoms with Gasteiger partial charge in [0.25, 0.3) is 0 Å². The normalized spacial score (nSPS) is 16.5. The van der Waals surface area contributed by atoms with Crippen molar-refractivity contribution in [3.63, 3.8) is 0 Å². The Bertz CT molecular complexity index is 748. The van der Waals surface area contributed by atoms with Gasteiger partial charge in [0.2, 0.25) is 0 Å². The lowest BCUT2D eigenvalue weighted by atomic mass is 10.1. The molecule has 1 aliphatic heterocycles. The average Bonchev–Trinajstić information content (AvgIpc) is 3.11. The molecule has 1 atom stereocenters. The maximum absolute atomic E-state index is 12.2. The Balaban J connectivity index is 1.54. The molecular formula is C19H20N2O4. The molecule has 6 nitrogen and oxygen atoms in total. The summed E-state index contributed by atoms with van der Waals surface area (Å²) in [6.07, 6.45) is 0.503. The number of nitrogens with zero attached hydrogens (tertiary/aromatic N) is 1. The zero-order valence-corrected chi connectivity index (χ0v) is 13.7. The second-order valence-electron chi connectivity index (χ2n) is 5.99. The number of hydrogen-bond acceptors (Lipinski definition) is 3. The van der Waals surface area contributed by atoms with Gasteiger partial charge in [-0.05, 0) is 36.2 Å². The van der Waals surface area contributed by atoms with Gasteiger partial charge in [0.15, 0.2) is 0 Å². The van der Waals surface area contributed by atoms with Gasteiger partial charge < -0.3 is 20.1 Å². The number of rotatable bonds is 5. The van der Waals surface area contributed by atoms with E-state index in [9.17, 15) is 9.59 Å². The lowest BCUT2D eigenvalue weighted by Gasteiger charge is -2.17. The van der Waals surface area contributed by atoms with E-state index in [0.717, 1.165) is 11.3 Å². The fourth-order valence-electron chi connectivity index (χ4n) is 2.78. The van der Waals surface area contributed by atoms with E-state index in [4.69, 9.17) is 9.84 Å². The van der Waals surface area contributed by atoms with E-state index in [1.165, 1.54) is 0 Å². The van der Waals surface area contributed by atoms with Crippen LogP contribution in [0.3, 0.4) is 0 Å². The first kappa shape index (κ1) is 16.8. The number of carboxylic acids is 1. The number of aliphatic carboxylic acids is 1. The zero-order chi connectivity index (χ0) is 17.6. The van der Waals surface area contributed by atoms with Crippen molar-refractivity contribution in [1.29, 1.82) is 0 Å². The molecule has 2 N–H and O–H groups in total. The van der Waals surface area contributed by atoms with Crippen LogP contribution < -0.4 is 10.1 Å². The summed E-state index contributed by atoms with van der Waals surface area (Å²) >= 11 is 0. The quantitative estimate of drug-likeness (QED) is 0.877. The Morgan fingerprint density at radius 1 is 1.12 bits per heavy atom. The Kier molecular flexibility index (Phi) is 5.18. The van der Waals surface area contributed by atoms with E-state index < -0.39 is 11.9 Å². The van der Waals surface area contributed by atoms with Crippen LogP contribution in [0.25, 0.3) is 0 Å². The fraction of sp³-hybridized carbons (Fsp3) is 0.263. The highest BCUT2D eigenvalue weighted by atomic mass is 16.5. The molecule has 0 aliphatic carbocycles. The van der Waals surface area contributed by atoms with Crippen LogP contribution in [0.4, 0.5) is 4.79 Å². The minimum absolute atomic E-state index is 0.238. The highest BCUT2D eigenvalue weighted by Crippen LogP contribution is 2.22. The standard InChI is InChI=1S/C19H20N2O4/c22-18(23)15-9-10-21(13-15)19(24)20-12-14-5-4-8-17(11-14)25-16-6-2-1-3-7-16/h1-8,11,15H,9-10,12-13H2,(H,20,24)(H,22,23). The largest absolute Gasteiger partial charge is 0.481 e. The van der Waals surface area contributed by atoms with E-state index in [0.29, 0.717) is 25.3 Å². The monoisotopic (exact) mass is 340 g/mol. The molecule has 2 amide bonds. The number of hydrogen-bond donors (Lipinski definition) is 2. The van der Waals surface area contributed by atoms with Gasteiger partial charge in [0.05, 0.1) is 5.92 Å². The number of para-hydroxylation sites is 1. The Labute approximate surface area is 146 Å². The number of amides is 2. The van der Waals surface area contributed by atoms with E-state index in [1.54, 1.807) is 4.90 Å². The van der Waals surface area contributed by atoms with Crippen LogP contribution in [0.2, 0.25) is 0 Å². The molecule has 6 heteroatoms. The highest BCUT2D eigenvalue weighted by Gasteiger charge is 2.30. The number of carboxylic acid groups (broad SMARTS) is 1. The number of nitrogens with one attached hydrogen (secondary N) is 1. The van der Waals surface area contributed by atoms with Crippen LogP contribution in [0.5, 0.6) is 11.5 Å². The van der Waals surface area contributed by atoms with Gasteiger partial charge in [-0.2, -0.15) is 0 Å². The molecule has 2 aromatic rings. The zero-order valence-electron chi connectivity index (χ0n) is 13.7. The Hall–Kier alpha value is -3.02. The molecule has 1 aliphatic rings. The van der Waals surface area contributed by atoms with Gasteiger partial charge in [-0.15, -0.1) is 0 Å². The maximum atomic E-state index is 12.2. The van der Waals surface area contributed by atoms with Gasteiger partial charge in [-0.3, -0.25) is 4.79 Å². The molecular weight excluding hydrogens is 320 g/mol. The van der Waals surface area contributed by atoms with Crippen LogP contribution in [-0.4, -0.2) is 35.1 Å². The molecule has 130 valence electrons. The van der Waals surface area contributed by atoms with E-state index in [2.05, 4.69) is 5.32 Å². The Morgan fingerprint density at radius 2 is 1.88 bits per heavy atom. The molecule has 0 spiro atoms. The van der Waals surface area contributed by atoms with Crippen LogP contribution in [0, 0.1) is 5.92 Å². The predicted molar refractivity (Wildman–Crippen MR) is 92.5 cm³/mol. The van der Waals surface area contributed by atoms with Gasteiger partial charge in [-0.1, -0.05) is 30.3 Å². The molecule has 3 rings (SSSR count). The second kappa shape index (κ2) is 7.70. The molecule has 2 aromatic carbocycles. The SMILES string of the molecule is O=C(O)C1CCN(C(=O)NCc2cccc(Oc3ccccc3)c2)C1. The summed E-state index contributed by atoms with van der Waals surface area (Å²) in [5.74, 6) is 0.139. The topological polar surface area (TPSA) is 78.9 Å². The van der Waals surface area contributed by atoms with E-state index >= 15 is 0 Å². The predicted octanol–water partition coefficient (Wildman–Crippen LogP) is 3.10. The van der Waals surface area contributed by atoms with Gasteiger partial charge in [0.1, 0.15) is 11.5 Å². The summed E-state index contributed by atoms with van der Waals surface area (Å²) in [5.41, 5.74) is 0.913. The maximum Gasteiger partial charge on any atom is 0.317 e. The van der Waals surface area contributed by atoms with Crippen molar-refractivity contribution in [3.8, 4) is 11.5 Å². The summed E-state index contributed by atoms with van der Waals surface area (Å²) in [6, 6.07) is 16.7. The van der Waals surface area contributed by atoms with Gasteiger partial charge in [-0.25, -0.2) is 4.79 Å². The first-order chi connectivity index (χ1) is 12.1. The third-order valence-electron chi connectivity index (χ3n) is 4.15. The minimum atomic E-state index is -0.846. The molecule has 1 fully saturated rings. The van der Waals surface area contributed by atoms with Crippen molar-refractivity contribution in [3.05, 3.63) is 60.2 Å². The summed E-state index contributed by atoms with van der Waals surface area (Å²) in [7, 11) is 0. The highest BCUT2D eigenvalue weighted by molar-refractivity contribution is 5.77. The fourth-order valence-corrected chi connectivity index (χ4v) is 2.78. The van der Waals surface area contributed by atoms with Crippen molar-refractivity contribution in [2.45, 2.75) is 13.0 Å². The van der Waals surface area contributed by atoms with E-state index in [-0.39, 0.29) is 12.6 Å². The summed E-state index contributed by atoms with van der Waals surface area (Å²) in [4.78, 5) is 24.7. The van der Waals surface area contributed by atoms with Crippen LogP contribution in [0.1, 0.15) is 12.0 Å². The lowest BCUT2D eigenvalue weighted by Crippen LogP contribution is -2.38. The molecule has 25 heavy (non-hydrogen) atoms. The van der Waals surface area contributed by atoms with Crippen LogP contribution >= 0.6 is 0 Å². The molecule has 0 saturated carbocycles. The number of carbonyl (C=O) groups is 2. The summed E-state index contributed by atoms with van der Waals surface area (Å²) < 4.78 is 5.78. The first-order valence-corrected chi connectivity index (χ1v) is 8.19. The molecule has 1 saturated heterocycles. The Morgan fingerprint density at radius 3 is 2.60 bits per heavy atom. The van der Waals surface area contributed by atoms with Crippen molar-refractivity contribution >= 4 is 12.0 Å². The third-order valence-corrected chi connectivity index (χ3v) is 4.15. The van der Waals surface area contributed by atoms with Crippen LogP contribution in [-0.2, 0) is 11.3 Å². The minimum Gasteiger partial charge on any atom is -0.481 e. The number of urea groups is 1. The van der Waals surface area contributed by atoms with Crippen LogP contribution in [0.15, 0.2) is 54.6 Å². The number of likely N-dealkylation sites (tertiary alicyclic amines) is 1. The third kappa shape index (κ3) is 4.50. The lowest BCUT2D eigenvalue weighted by molar-refractivity contribution is -0.141. The van der Waals surface area contributed by atoms with Crippen molar-refractivity contribution < 1.29 is 19.4 Å². The molecule has 1 unspecified atom stereocenters. The number of benzene rings is 2. The van der Waals surface area contributed by atoms with E-state index in [1.807, 2.05) is 54.6 Å². The molecule has 0 aromatic heterocycles. The smallest absolute Gasteiger partial charge is 0.317 e. The number of ether oxygens (including phenoxy) is 1. The first-order valence-electron chi connectivity index (χ1n) is 8.19. The van der Waals surface area contributed by atoms with Gasteiger partial charge >= 0.3 is 12.0 Å². The molecule has 1 heterocycles. The molecule has 0 radical (unpaired) electrons. The second-order valence-corrected chi connectivity index (χ2v) is 5.99. The summed E-state index contributed by atoms with van der Waals surface area (Å²) in [6.45, 7) is 1.09. The van der Waals surface area contributed by atoms with Gasteiger partial charge in [0, 0.05) is 19.6 Å².